The van der Waals surface area contributed by atoms with Crippen LogP contribution in [0.15, 0.2) is 42.5 Å². The molecule has 3 N–H and O–H groups in total. The molecule has 2 rings (SSSR count). The topological polar surface area (TPSA) is 111 Å². The van der Waals surface area contributed by atoms with Crippen LogP contribution in [0, 0.1) is 0 Å². The molecule has 1 aromatic rings. The van der Waals surface area contributed by atoms with Gasteiger partial charge >= 0.3 is 11.9 Å². The number of rotatable bonds is 8. The van der Waals surface area contributed by atoms with Gasteiger partial charge in [0, 0.05) is 44.9 Å². The zero-order valence-corrected chi connectivity index (χ0v) is 15.5. The van der Waals surface area contributed by atoms with Crippen LogP contribution in [0.5, 0.6) is 5.75 Å². The predicted molar refractivity (Wildman–Crippen MR) is 101 cm³/mol. The van der Waals surface area contributed by atoms with E-state index in [1.807, 2.05) is 30.3 Å². The van der Waals surface area contributed by atoms with Gasteiger partial charge in [-0.2, -0.15) is 0 Å². The normalized spacial score (nSPS) is 16.4. The summed E-state index contributed by atoms with van der Waals surface area (Å²) in [5.74, 6) is -1.69. The molecule has 27 heavy (non-hydrogen) atoms. The van der Waals surface area contributed by atoms with Crippen LogP contribution in [0.25, 0.3) is 0 Å². The zero-order valence-electron chi connectivity index (χ0n) is 15.5. The fourth-order valence-electron chi connectivity index (χ4n) is 2.34. The summed E-state index contributed by atoms with van der Waals surface area (Å²) in [7, 11) is 2.15. The van der Waals surface area contributed by atoms with Crippen LogP contribution in [0.2, 0.25) is 0 Å². The molecule has 1 aliphatic rings. The Morgan fingerprint density at radius 2 is 1.63 bits per heavy atom. The second kappa shape index (κ2) is 12.9. The summed E-state index contributed by atoms with van der Waals surface area (Å²) in [6, 6.07) is 9.65. The van der Waals surface area contributed by atoms with Crippen molar-refractivity contribution >= 4 is 11.9 Å². The summed E-state index contributed by atoms with van der Waals surface area (Å²) < 4.78 is 5.55. The molecule has 0 spiro atoms. The van der Waals surface area contributed by atoms with E-state index in [2.05, 4.69) is 16.8 Å². The van der Waals surface area contributed by atoms with Gasteiger partial charge in [0.2, 0.25) is 0 Å². The van der Waals surface area contributed by atoms with Crippen LogP contribution < -0.4 is 4.74 Å². The first-order chi connectivity index (χ1) is 12.9. The maximum Gasteiger partial charge on any atom is 0.328 e. The highest BCUT2D eigenvalue weighted by molar-refractivity contribution is 5.89. The summed E-state index contributed by atoms with van der Waals surface area (Å²) in [6.45, 7) is 5.77. The molecule has 0 aromatic heterocycles. The molecular formula is C19H28N2O6. The number of para-hydroxylation sites is 1. The van der Waals surface area contributed by atoms with E-state index in [-0.39, 0.29) is 6.10 Å². The summed E-state index contributed by atoms with van der Waals surface area (Å²) in [5, 5.41) is 25.6. The lowest BCUT2D eigenvalue weighted by atomic mass is 10.2. The van der Waals surface area contributed by atoms with Crippen molar-refractivity contribution < 1.29 is 29.6 Å². The van der Waals surface area contributed by atoms with Gasteiger partial charge in [0.25, 0.3) is 0 Å². The van der Waals surface area contributed by atoms with Gasteiger partial charge in [-0.1, -0.05) is 18.2 Å². The van der Waals surface area contributed by atoms with E-state index >= 15 is 0 Å². The van der Waals surface area contributed by atoms with Crippen molar-refractivity contribution in [1.29, 1.82) is 0 Å². The molecule has 8 heteroatoms. The molecule has 1 saturated heterocycles. The Morgan fingerprint density at radius 3 is 2.15 bits per heavy atom. The third-order valence-corrected chi connectivity index (χ3v) is 3.93. The number of hydrogen-bond acceptors (Lipinski definition) is 6. The van der Waals surface area contributed by atoms with Crippen molar-refractivity contribution in [3.63, 3.8) is 0 Å². The van der Waals surface area contributed by atoms with Crippen molar-refractivity contribution in [1.82, 2.24) is 9.80 Å². The van der Waals surface area contributed by atoms with Crippen molar-refractivity contribution in [3.05, 3.63) is 42.5 Å². The van der Waals surface area contributed by atoms with E-state index in [0.717, 1.165) is 44.9 Å². The van der Waals surface area contributed by atoms with Crippen LogP contribution in [0.1, 0.15) is 6.42 Å². The number of aliphatic carboxylic acids is 2. The molecule has 8 nitrogen and oxygen atoms in total. The molecule has 1 atom stereocenters. The maximum absolute atomic E-state index is 9.93. The van der Waals surface area contributed by atoms with E-state index in [0.29, 0.717) is 18.8 Å². The smallest absolute Gasteiger partial charge is 0.328 e. The largest absolute Gasteiger partial charge is 0.491 e. The number of carboxylic acids is 2. The number of aliphatic hydroxyl groups is 1. The Balaban J connectivity index is 0.000000387. The first kappa shape index (κ1) is 22.6. The van der Waals surface area contributed by atoms with Crippen molar-refractivity contribution in [2.45, 2.75) is 12.5 Å². The number of hydrogen-bond donors (Lipinski definition) is 3. The number of nitrogens with zero attached hydrogens (tertiary/aromatic N) is 2. The third-order valence-electron chi connectivity index (χ3n) is 3.93. The molecule has 1 fully saturated rings. The summed E-state index contributed by atoms with van der Waals surface area (Å²) in [6.07, 6.45) is 1.50. The zero-order chi connectivity index (χ0) is 20.1. The molecule has 0 aliphatic carbocycles. The van der Waals surface area contributed by atoms with Gasteiger partial charge in [0.05, 0.1) is 6.10 Å². The van der Waals surface area contributed by atoms with Crippen LogP contribution in [-0.2, 0) is 9.59 Å². The Bertz CT molecular complexity index is 569. The average molecular weight is 380 g/mol. The SMILES string of the molecule is CN1CCN(CCC(O)COc2ccccc2)CC1.O=C(O)/C=C\C(=O)O. The fraction of sp³-hybridized carbons (Fsp3) is 0.474. The quantitative estimate of drug-likeness (QED) is 0.568. The second-order valence-corrected chi connectivity index (χ2v) is 6.22. The van der Waals surface area contributed by atoms with E-state index in [1.54, 1.807) is 0 Å². The minimum absolute atomic E-state index is 0.373. The molecule has 1 aliphatic heterocycles. The van der Waals surface area contributed by atoms with E-state index in [1.165, 1.54) is 0 Å². The van der Waals surface area contributed by atoms with Gasteiger partial charge in [-0.05, 0) is 25.6 Å². The number of piperazine rings is 1. The number of benzene rings is 1. The lowest BCUT2D eigenvalue weighted by Gasteiger charge is -2.32. The second-order valence-electron chi connectivity index (χ2n) is 6.22. The molecule has 1 heterocycles. The van der Waals surface area contributed by atoms with E-state index in [9.17, 15) is 14.7 Å². The molecule has 0 amide bonds. The lowest BCUT2D eigenvalue weighted by Crippen LogP contribution is -2.45. The summed E-state index contributed by atoms with van der Waals surface area (Å²) >= 11 is 0. The first-order valence-corrected chi connectivity index (χ1v) is 8.77. The van der Waals surface area contributed by atoms with Crippen LogP contribution in [0.4, 0.5) is 0 Å². The van der Waals surface area contributed by atoms with Gasteiger partial charge in [-0.25, -0.2) is 9.59 Å². The Morgan fingerprint density at radius 1 is 1.07 bits per heavy atom. The van der Waals surface area contributed by atoms with Gasteiger partial charge < -0.3 is 29.9 Å². The van der Waals surface area contributed by atoms with Gasteiger partial charge in [-0.3, -0.25) is 0 Å². The maximum atomic E-state index is 9.93. The number of carbonyl (C=O) groups is 2. The highest BCUT2D eigenvalue weighted by Crippen LogP contribution is 2.09. The standard InChI is InChI=1S/C15H24N2O2.C4H4O4/c1-16-9-11-17(12-10-16)8-7-14(18)13-19-15-5-3-2-4-6-15;5-3(6)1-2-4(7)8/h2-6,14,18H,7-13H2,1H3;1-2H,(H,5,6)(H,7,8)/b;2-1-. The third kappa shape index (κ3) is 11.7. The minimum atomic E-state index is -1.26. The van der Waals surface area contributed by atoms with E-state index in [4.69, 9.17) is 14.9 Å². The molecule has 150 valence electrons. The summed E-state index contributed by atoms with van der Waals surface area (Å²) in [4.78, 5) is 23.9. The molecular weight excluding hydrogens is 352 g/mol. The number of ether oxygens (including phenoxy) is 1. The monoisotopic (exact) mass is 380 g/mol. The van der Waals surface area contributed by atoms with Crippen LogP contribution in [0.3, 0.4) is 0 Å². The van der Waals surface area contributed by atoms with Gasteiger partial charge in [0.1, 0.15) is 12.4 Å². The van der Waals surface area contributed by atoms with Gasteiger partial charge in [0.15, 0.2) is 0 Å². The van der Waals surface area contributed by atoms with Crippen molar-refractivity contribution in [2.75, 3.05) is 46.4 Å². The van der Waals surface area contributed by atoms with E-state index < -0.39 is 11.9 Å². The molecule has 0 saturated carbocycles. The number of likely N-dealkylation sites (N-methyl/N-ethyl adjacent to an activating group) is 1. The molecule has 1 unspecified atom stereocenters. The van der Waals surface area contributed by atoms with Crippen molar-refractivity contribution in [3.8, 4) is 5.75 Å². The van der Waals surface area contributed by atoms with Gasteiger partial charge in [-0.15, -0.1) is 0 Å². The fourth-order valence-corrected chi connectivity index (χ4v) is 2.34. The van der Waals surface area contributed by atoms with Crippen molar-refractivity contribution in [2.24, 2.45) is 0 Å². The Kier molecular flexibility index (Phi) is 10.8. The van der Waals surface area contributed by atoms with Crippen LogP contribution in [-0.4, -0.2) is 89.5 Å². The average Bonchev–Trinajstić information content (AvgIpc) is 2.65. The first-order valence-electron chi connectivity index (χ1n) is 8.77. The highest BCUT2D eigenvalue weighted by Gasteiger charge is 2.15. The van der Waals surface area contributed by atoms with Crippen LogP contribution >= 0.6 is 0 Å². The Labute approximate surface area is 159 Å². The highest BCUT2D eigenvalue weighted by atomic mass is 16.5. The summed E-state index contributed by atoms with van der Waals surface area (Å²) in [5.41, 5.74) is 0. The predicted octanol–water partition coefficient (Wildman–Crippen LogP) is 0.776. The number of aliphatic hydroxyl groups excluding tert-OH is 1. The molecule has 1 aromatic carbocycles. The lowest BCUT2D eigenvalue weighted by molar-refractivity contribution is -0.134. The Hall–Kier alpha value is -2.42. The number of carboxylic acid groups (broad SMARTS) is 2. The minimum Gasteiger partial charge on any atom is -0.491 e. The molecule has 0 bridgehead atoms. The molecule has 0 radical (unpaired) electrons.